The lowest BCUT2D eigenvalue weighted by Crippen LogP contribution is -2.17. The Balaban J connectivity index is 1.57. The summed E-state index contributed by atoms with van der Waals surface area (Å²) in [7, 11) is 1.63. The summed E-state index contributed by atoms with van der Waals surface area (Å²) in [6.07, 6.45) is -2.18. The first-order chi connectivity index (χ1) is 17.2. The standard InChI is InChI=1S/C23H16F4N6O3/c1-28-22-31-12-30-19(33-22)16-6-3-9-29-21(16)35-18-10-13(7-8-17(18)24)20(34)32-14-4-2-5-15(11-14)36-23(25,26)27/h2-12H,1H3,(H,32,34)(H,28,30,31,33). The molecule has 0 fully saturated rings. The van der Waals surface area contributed by atoms with E-state index in [9.17, 15) is 22.4 Å². The van der Waals surface area contributed by atoms with Gasteiger partial charge >= 0.3 is 6.36 Å². The Morgan fingerprint density at radius 1 is 1.00 bits per heavy atom. The van der Waals surface area contributed by atoms with Crippen molar-refractivity contribution in [2.24, 2.45) is 0 Å². The van der Waals surface area contributed by atoms with Crippen LogP contribution in [0.3, 0.4) is 0 Å². The molecule has 0 aliphatic heterocycles. The van der Waals surface area contributed by atoms with Crippen molar-refractivity contribution in [2.75, 3.05) is 17.7 Å². The van der Waals surface area contributed by atoms with Crippen LogP contribution in [0.2, 0.25) is 0 Å². The number of benzene rings is 2. The van der Waals surface area contributed by atoms with Crippen LogP contribution in [-0.4, -0.2) is 39.3 Å². The molecule has 2 aromatic carbocycles. The van der Waals surface area contributed by atoms with Gasteiger partial charge < -0.3 is 20.1 Å². The van der Waals surface area contributed by atoms with Crippen LogP contribution in [0.5, 0.6) is 17.4 Å². The molecule has 36 heavy (non-hydrogen) atoms. The Kier molecular flexibility index (Phi) is 6.90. The zero-order chi connectivity index (χ0) is 25.7. The summed E-state index contributed by atoms with van der Waals surface area (Å²) < 4.78 is 61.4. The molecule has 9 nitrogen and oxygen atoms in total. The van der Waals surface area contributed by atoms with Gasteiger partial charge in [-0.15, -0.1) is 13.2 Å². The third kappa shape index (κ3) is 6.00. The number of nitrogens with one attached hydrogen (secondary N) is 2. The van der Waals surface area contributed by atoms with Gasteiger partial charge in [0.1, 0.15) is 12.1 Å². The van der Waals surface area contributed by atoms with Gasteiger partial charge in [0.05, 0.1) is 5.56 Å². The molecule has 2 aromatic heterocycles. The van der Waals surface area contributed by atoms with Crippen molar-refractivity contribution in [3.05, 3.63) is 78.5 Å². The minimum absolute atomic E-state index is 0.0244. The number of anilines is 2. The average Bonchev–Trinajstić information content (AvgIpc) is 2.85. The summed E-state index contributed by atoms with van der Waals surface area (Å²) in [4.78, 5) is 29.0. The first-order valence-corrected chi connectivity index (χ1v) is 10.2. The Morgan fingerprint density at radius 3 is 2.61 bits per heavy atom. The molecule has 1 amide bonds. The van der Waals surface area contributed by atoms with Gasteiger partial charge in [0, 0.05) is 30.6 Å². The van der Waals surface area contributed by atoms with Crippen LogP contribution >= 0.6 is 0 Å². The van der Waals surface area contributed by atoms with Crippen molar-refractivity contribution in [1.29, 1.82) is 0 Å². The molecular weight excluding hydrogens is 484 g/mol. The van der Waals surface area contributed by atoms with E-state index in [1.807, 2.05) is 0 Å². The van der Waals surface area contributed by atoms with Crippen molar-refractivity contribution in [3.8, 4) is 28.8 Å². The predicted octanol–water partition coefficient (Wildman–Crippen LogP) is 5.06. The van der Waals surface area contributed by atoms with Crippen LogP contribution in [0.15, 0.2) is 67.1 Å². The van der Waals surface area contributed by atoms with Crippen molar-refractivity contribution >= 4 is 17.5 Å². The fourth-order valence-corrected chi connectivity index (χ4v) is 2.99. The topological polar surface area (TPSA) is 111 Å². The molecule has 13 heteroatoms. The number of alkyl halides is 3. The van der Waals surface area contributed by atoms with Crippen LogP contribution in [0.25, 0.3) is 11.4 Å². The molecule has 0 saturated carbocycles. The molecule has 0 bridgehead atoms. The average molecular weight is 500 g/mol. The zero-order valence-corrected chi connectivity index (χ0v) is 18.4. The van der Waals surface area contributed by atoms with E-state index in [-0.39, 0.29) is 28.7 Å². The number of hydrogen-bond donors (Lipinski definition) is 2. The molecule has 4 aromatic rings. The molecule has 0 radical (unpaired) electrons. The van der Waals surface area contributed by atoms with Crippen molar-refractivity contribution in [1.82, 2.24) is 19.9 Å². The second-order valence-corrected chi connectivity index (χ2v) is 7.02. The highest BCUT2D eigenvalue weighted by atomic mass is 19.4. The number of carbonyl (C=O) groups excluding carboxylic acids is 1. The molecule has 0 saturated heterocycles. The van der Waals surface area contributed by atoms with Crippen LogP contribution in [0.1, 0.15) is 10.4 Å². The van der Waals surface area contributed by atoms with E-state index in [1.165, 1.54) is 30.7 Å². The molecule has 0 aliphatic rings. The molecule has 4 rings (SSSR count). The second-order valence-electron chi connectivity index (χ2n) is 7.02. The van der Waals surface area contributed by atoms with Gasteiger partial charge in [-0.1, -0.05) is 6.07 Å². The lowest BCUT2D eigenvalue weighted by molar-refractivity contribution is -0.274. The van der Waals surface area contributed by atoms with E-state index in [1.54, 1.807) is 19.2 Å². The molecule has 184 valence electrons. The van der Waals surface area contributed by atoms with Crippen molar-refractivity contribution in [3.63, 3.8) is 0 Å². The highest BCUT2D eigenvalue weighted by Gasteiger charge is 2.31. The third-order valence-corrected chi connectivity index (χ3v) is 4.53. The maximum Gasteiger partial charge on any atom is 0.573 e. The molecule has 0 atom stereocenters. The fourth-order valence-electron chi connectivity index (χ4n) is 2.99. The maximum atomic E-state index is 14.6. The van der Waals surface area contributed by atoms with Crippen LogP contribution in [-0.2, 0) is 0 Å². The fraction of sp³-hybridized carbons (Fsp3) is 0.0870. The lowest BCUT2D eigenvalue weighted by atomic mass is 10.2. The first kappa shape index (κ1) is 24.3. The molecule has 2 heterocycles. The number of aromatic nitrogens is 4. The minimum atomic E-state index is -4.88. The Hall–Kier alpha value is -4.81. The van der Waals surface area contributed by atoms with Crippen molar-refractivity contribution in [2.45, 2.75) is 6.36 Å². The van der Waals surface area contributed by atoms with Gasteiger partial charge in [0.2, 0.25) is 11.8 Å². The van der Waals surface area contributed by atoms with Crippen LogP contribution in [0.4, 0.5) is 29.2 Å². The maximum absolute atomic E-state index is 14.6. The number of carbonyl (C=O) groups is 1. The summed E-state index contributed by atoms with van der Waals surface area (Å²) in [6.45, 7) is 0. The Labute approximate surface area is 201 Å². The number of nitrogens with zero attached hydrogens (tertiary/aromatic N) is 4. The Bertz CT molecular complexity index is 1400. The summed E-state index contributed by atoms with van der Waals surface area (Å²) in [5.41, 5.74) is 0.353. The molecule has 0 aliphatic carbocycles. The van der Waals surface area contributed by atoms with Crippen LogP contribution in [0, 0.1) is 5.82 Å². The zero-order valence-electron chi connectivity index (χ0n) is 18.4. The van der Waals surface area contributed by atoms with E-state index in [2.05, 4.69) is 35.3 Å². The van der Waals surface area contributed by atoms with Gasteiger partial charge in [0.15, 0.2) is 17.4 Å². The highest BCUT2D eigenvalue weighted by Crippen LogP contribution is 2.32. The number of amides is 1. The van der Waals surface area contributed by atoms with Gasteiger partial charge in [-0.2, -0.15) is 4.98 Å². The largest absolute Gasteiger partial charge is 0.573 e. The van der Waals surface area contributed by atoms with Crippen molar-refractivity contribution < 1.29 is 31.8 Å². The number of pyridine rings is 1. The number of rotatable bonds is 7. The quantitative estimate of drug-likeness (QED) is 0.339. The van der Waals surface area contributed by atoms with E-state index >= 15 is 0 Å². The van der Waals surface area contributed by atoms with Gasteiger partial charge in [-0.05, 0) is 42.5 Å². The second kappa shape index (κ2) is 10.2. The van der Waals surface area contributed by atoms with Gasteiger partial charge in [-0.25, -0.2) is 19.3 Å². The van der Waals surface area contributed by atoms with Gasteiger partial charge in [0.25, 0.3) is 5.91 Å². The van der Waals surface area contributed by atoms with Crippen LogP contribution < -0.4 is 20.1 Å². The minimum Gasteiger partial charge on any atom is -0.435 e. The first-order valence-electron chi connectivity index (χ1n) is 10.2. The molecule has 2 N–H and O–H groups in total. The van der Waals surface area contributed by atoms with Gasteiger partial charge in [-0.3, -0.25) is 4.79 Å². The number of ether oxygens (including phenoxy) is 2. The van der Waals surface area contributed by atoms with E-state index in [4.69, 9.17) is 4.74 Å². The smallest absolute Gasteiger partial charge is 0.435 e. The molecule has 0 unspecified atom stereocenters. The number of hydrogen-bond acceptors (Lipinski definition) is 8. The normalized spacial score (nSPS) is 11.0. The Morgan fingerprint density at radius 2 is 1.83 bits per heavy atom. The van der Waals surface area contributed by atoms with E-state index in [0.29, 0.717) is 11.5 Å². The summed E-state index contributed by atoms with van der Waals surface area (Å²) in [6, 6.07) is 11.3. The van der Waals surface area contributed by atoms with E-state index < -0.39 is 23.8 Å². The summed E-state index contributed by atoms with van der Waals surface area (Å²) >= 11 is 0. The SMILES string of the molecule is CNc1ncnc(-c2cccnc2Oc2cc(C(=O)Nc3cccc(OC(F)(F)F)c3)ccc2F)n1. The lowest BCUT2D eigenvalue weighted by Gasteiger charge is -2.12. The summed E-state index contributed by atoms with van der Waals surface area (Å²) in [5.74, 6) is -1.85. The van der Waals surface area contributed by atoms with E-state index in [0.717, 1.165) is 24.3 Å². The molecular formula is C23H16F4N6O3. The highest BCUT2D eigenvalue weighted by molar-refractivity contribution is 6.04. The predicted molar refractivity (Wildman–Crippen MR) is 120 cm³/mol. The monoisotopic (exact) mass is 500 g/mol. The summed E-state index contributed by atoms with van der Waals surface area (Å²) in [5, 5.41) is 5.21. The molecule has 0 spiro atoms. The number of halogens is 4. The third-order valence-electron chi connectivity index (χ3n) is 4.53.